The summed E-state index contributed by atoms with van der Waals surface area (Å²) in [5.41, 5.74) is 6.36. The summed E-state index contributed by atoms with van der Waals surface area (Å²) in [6, 6.07) is 0.275. The van der Waals surface area contributed by atoms with E-state index in [2.05, 4.69) is 29.1 Å². The highest BCUT2D eigenvalue weighted by molar-refractivity contribution is 6.32. The molecule has 0 atom stereocenters. The van der Waals surface area contributed by atoms with Crippen molar-refractivity contribution in [2.75, 3.05) is 11.1 Å². The standard InChI is InChI=1S/C13H21ClN4/c1-8(2)16-13-10(15)11(14)17-12(18-13)9-6-4-3-5-7-9/h8-9H,3-7,15H2,1-2H3,(H,16,17,18). The van der Waals surface area contributed by atoms with Crippen molar-refractivity contribution in [3.05, 3.63) is 11.0 Å². The molecule has 1 saturated carbocycles. The number of hydrogen-bond donors (Lipinski definition) is 2. The summed E-state index contributed by atoms with van der Waals surface area (Å²) in [5.74, 6) is 1.95. The highest BCUT2D eigenvalue weighted by Gasteiger charge is 2.21. The lowest BCUT2D eigenvalue weighted by Crippen LogP contribution is -2.16. The molecular weight excluding hydrogens is 248 g/mol. The number of anilines is 2. The molecule has 0 aliphatic heterocycles. The van der Waals surface area contributed by atoms with Crippen molar-refractivity contribution in [3.8, 4) is 0 Å². The van der Waals surface area contributed by atoms with E-state index in [9.17, 15) is 0 Å². The van der Waals surface area contributed by atoms with Crippen LogP contribution in [0, 0.1) is 0 Å². The SMILES string of the molecule is CC(C)Nc1nc(C2CCCCC2)nc(Cl)c1N. The molecular formula is C13H21ClN4. The number of nitrogen functional groups attached to an aromatic ring is 1. The Morgan fingerprint density at radius 2 is 1.89 bits per heavy atom. The van der Waals surface area contributed by atoms with Crippen LogP contribution in [0.25, 0.3) is 0 Å². The van der Waals surface area contributed by atoms with Crippen LogP contribution in [0.4, 0.5) is 11.5 Å². The molecule has 2 rings (SSSR count). The average Bonchev–Trinajstić information content (AvgIpc) is 2.35. The smallest absolute Gasteiger partial charge is 0.157 e. The van der Waals surface area contributed by atoms with Crippen molar-refractivity contribution in [1.82, 2.24) is 9.97 Å². The number of rotatable bonds is 3. The Morgan fingerprint density at radius 3 is 2.50 bits per heavy atom. The maximum atomic E-state index is 6.11. The predicted molar refractivity (Wildman–Crippen MR) is 76.0 cm³/mol. The lowest BCUT2D eigenvalue weighted by molar-refractivity contribution is 0.429. The molecule has 0 spiro atoms. The van der Waals surface area contributed by atoms with Gasteiger partial charge in [0.25, 0.3) is 0 Å². The molecule has 0 radical (unpaired) electrons. The molecule has 1 heterocycles. The summed E-state index contributed by atoms with van der Waals surface area (Å²) in [4.78, 5) is 8.92. The fourth-order valence-electron chi connectivity index (χ4n) is 2.39. The van der Waals surface area contributed by atoms with Crippen LogP contribution in [0.15, 0.2) is 0 Å². The minimum atomic E-state index is 0.275. The first-order valence-electron chi connectivity index (χ1n) is 6.67. The van der Waals surface area contributed by atoms with Gasteiger partial charge in [0.15, 0.2) is 11.0 Å². The molecule has 0 amide bonds. The van der Waals surface area contributed by atoms with E-state index < -0.39 is 0 Å². The van der Waals surface area contributed by atoms with Crippen LogP contribution in [0.3, 0.4) is 0 Å². The zero-order valence-electron chi connectivity index (χ0n) is 11.0. The summed E-state index contributed by atoms with van der Waals surface area (Å²) >= 11 is 6.11. The van der Waals surface area contributed by atoms with E-state index in [-0.39, 0.29) is 6.04 Å². The second-order valence-corrected chi connectivity index (χ2v) is 5.63. The normalized spacial score (nSPS) is 17.1. The number of nitrogens with zero attached hydrogens (tertiary/aromatic N) is 2. The highest BCUT2D eigenvalue weighted by atomic mass is 35.5. The van der Waals surface area contributed by atoms with Gasteiger partial charge in [0.05, 0.1) is 0 Å². The van der Waals surface area contributed by atoms with Gasteiger partial charge in [-0.25, -0.2) is 9.97 Å². The first-order chi connectivity index (χ1) is 8.58. The van der Waals surface area contributed by atoms with Crippen LogP contribution >= 0.6 is 11.6 Å². The van der Waals surface area contributed by atoms with Gasteiger partial charge in [0.2, 0.25) is 0 Å². The van der Waals surface area contributed by atoms with Crippen LogP contribution in [-0.4, -0.2) is 16.0 Å². The molecule has 5 heteroatoms. The fraction of sp³-hybridized carbons (Fsp3) is 0.692. The van der Waals surface area contributed by atoms with Crippen LogP contribution in [-0.2, 0) is 0 Å². The maximum absolute atomic E-state index is 6.11. The molecule has 0 aromatic carbocycles. The quantitative estimate of drug-likeness (QED) is 0.823. The Labute approximate surface area is 113 Å². The van der Waals surface area contributed by atoms with Crippen molar-refractivity contribution < 1.29 is 0 Å². The molecule has 0 saturated heterocycles. The van der Waals surface area contributed by atoms with Crippen LogP contribution in [0.1, 0.15) is 57.7 Å². The number of halogens is 1. The van der Waals surface area contributed by atoms with E-state index >= 15 is 0 Å². The molecule has 1 aromatic rings. The van der Waals surface area contributed by atoms with Gasteiger partial charge in [-0.1, -0.05) is 30.9 Å². The van der Waals surface area contributed by atoms with E-state index in [0.717, 1.165) is 18.7 Å². The van der Waals surface area contributed by atoms with E-state index in [1.807, 2.05) is 0 Å². The fourth-order valence-corrected chi connectivity index (χ4v) is 2.56. The van der Waals surface area contributed by atoms with Gasteiger partial charge in [-0.05, 0) is 26.7 Å². The van der Waals surface area contributed by atoms with E-state index in [1.165, 1.54) is 19.3 Å². The number of nitrogens with two attached hydrogens (primary N) is 1. The third kappa shape index (κ3) is 3.05. The monoisotopic (exact) mass is 268 g/mol. The van der Waals surface area contributed by atoms with E-state index in [4.69, 9.17) is 17.3 Å². The Morgan fingerprint density at radius 1 is 1.22 bits per heavy atom. The molecule has 4 nitrogen and oxygen atoms in total. The van der Waals surface area contributed by atoms with Gasteiger partial charge in [-0.3, -0.25) is 0 Å². The molecule has 1 fully saturated rings. The summed E-state index contributed by atoms with van der Waals surface area (Å²) in [7, 11) is 0. The van der Waals surface area contributed by atoms with E-state index in [0.29, 0.717) is 22.6 Å². The summed E-state index contributed by atoms with van der Waals surface area (Å²) < 4.78 is 0. The summed E-state index contributed by atoms with van der Waals surface area (Å²) in [6.45, 7) is 4.10. The van der Waals surface area contributed by atoms with Crippen molar-refractivity contribution in [2.24, 2.45) is 0 Å². The molecule has 1 aliphatic rings. The van der Waals surface area contributed by atoms with Gasteiger partial charge in [-0.15, -0.1) is 0 Å². The van der Waals surface area contributed by atoms with Crippen LogP contribution in [0.2, 0.25) is 5.15 Å². The molecule has 3 N–H and O–H groups in total. The Hall–Kier alpha value is -1.03. The Kier molecular flexibility index (Phi) is 4.27. The maximum Gasteiger partial charge on any atom is 0.157 e. The predicted octanol–water partition coefficient (Wildman–Crippen LogP) is 3.58. The minimum absolute atomic E-state index is 0.275. The zero-order chi connectivity index (χ0) is 13.1. The third-order valence-electron chi connectivity index (χ3n) is 3.31. The van der Waals surface area contributed by atoms with Crippen molar-refractivity contribution >= 4 is 23.1 Å². The molecule has 1 aromatic heterocycles. The van der Waals surface area contributed by atoms with Gasteiger partial charge >= 0.3 is 0 Å². The number of nitrogens with one attached hydrogen (secondary N) is 1. The molecule has 100 valence electrons. The largest absolute Gasteiger partial charge is 0.393 e. The Balaban J connectivity index is 2.27. The second-order valence-electron chi connectivity index (χ2n) is 5.27. The van der Waals surface area contributed by atoms with Crippen molar-refractivity contribution in [1.29, 1.82) is 0 Å². The third-order valence-corrected chi connectivity index (χ3v) is 3.60. The molecule has 1 aliphatic carbocycles. The van der Waals surface area contributed by atoms with Gasteiger partial charge < -0.3 is 11.1 Å². The number of aromatic nitrogens is 2. The zero-order valence-corrected chi connectivity index (χ0v) is 11.8. The van der Waals surface area contributed by atoms with E-state index in [1.54, 1.807) is 0 Å². The molecule has 18 heavy (non-hydrogen) atoms. The average molecular weight is 269 g/mol. The summed E-state index contributed by atoms with van der Waals surface area (Å²) in [5, 5.41) is 3.60. The summed E-state index contributed by atoms with van der Waals surface area (Å²) in [6.07, 6.45) is 6.13. The highest BCUT2D eigenvalue weighted by Crippen LogP contribution is 2.34. The minimum Gasteiger partial charge on any atom is -0.393 e. The van der Waals surface area contributed by atoms with Crippen LogP contribution < -0.4 is 11.1 Å². The van der Waals surface area contributed by atoms with Gasteiger partial charge in [0.1, 0.15) is 11.5 Å². The lowest BCUT2D eigenvalue weighted by Gasteiger charge is -2.22. The topological polar surface area (TPSA) is 63.8 Å². The van der Waals surface area contributed by atoms with Gasteiger partial charge in [0, 0.05) is 12.0 Å². The van der Waals surface area contributed by atoms with Crippen molar-refractivity contribution in [2.45, 2.75) is 57.9 Å². The first-order valence-corrected chi connectivity index (χ1v) is 7.05. The van der Waals surface area contributed by atoms with Crippen molar-refractivity contribution in [3.63, 3.8) is 0 Å². The first kappa shape index (κ1) is 13.4. The molecule has 0 bridgehead atoms. The van der Waals surface area contributed by atoms with Gasteiger partial charge in [-0.2, -0.15) is 0 Å². The lowest BCUT2D eigenvalue weighted by atomic mass is 9.89. The van der Waals surface area contributed by atoms with Crippen LogP contribution in [0.5, 0.6) is 0 Å². The second kappa shape index (κ2) is 5.74. The molecule has 0 unspecified atom stereocenters. The Bertz CT molecular complexity index is 414. The number of hydrogen-bond acceptors (Lipinski definition) is 4.